The molecule has 5 nitrogen and oxygen atoms in total. The standard InChI is InChI=1S/C16H17N3O2/c1-11-4-5-14(10-16(11)19(20)21)18-13-6-7-15-12(9-13)3-2-8-17-15/h4-7,9-10,17-18H,2-3,8H2,1H3. The first-order valence-corrected chi connectivity index (χ1v) is 7.02. The average molecular weight is 283 g/mol. The normalized spacial score (nSPS) is 13.2. The van der Waals surface area contributed by atoms with Gasteiger partial charge in [-0.3, -0.25) is 10.1 Å². The van der Waals surface area contributed by atoms with E-state index in [4.69, 9.17) is 0 Å². The molecule has 2 aromatic carbocycles. The smallest absolute Gasteiger partial charge is 0.274 e. The van der Waals surface area contributed by atoms with Gasteiger partial charge in [-0.05, 0) is 49.6 Å². The highest BCUT2D eigenvalue weighted by molar-refractivity contribution is 5.68. The summed E-state index contributed by atoms with van der Waals surface area (Å²) in [7, 11) is 0. The van der Waals surface area contributed by atoms with Gasteiger partial charge in [0.2, 0.25) is 0 Å². The number of nitro groups is 1. The Kier molecular flexibility index (Phi) is 3.48. The zero-order valence-corrected chi connectivity index (χ0v) is 11.8. The predicted molar refractivity (Wildman–Crippen MR) is 84.4 cm³/mol. The van der Waals surface area contributed by atoms with Crippen molar-refractivity contribution in [2.75, 3.05) is 17.2 Å². The van der Waals surface area contributed by atoms with Gasteiger partial charge in [0, 0.05) is 35.2 Å². The van der Waals surface area contributed by atoms with Crippen LogP contribution in [-0.2, 0) is 6.42 Å². The maximum Gasteiger partial charge on any atom is 0.274 e. The van der Waals surface area contributed by atoms with Crippen molar-refractivity contribution in [1.82, 2.24) is 0 Å². The minimum absolute atomic E-state index is 0.139. The van der Waals surface area contributed by atoms with Gasteiger partial charge in [-0.25, -0.2) is 0 Å². The number of anilines is 3. The van der Waals surface area contributed by atoms with Crippen molar-refractivity contribution in [3.05, 3.63) is 57.6 Å². The summed E-state index contributed by atoms with van der Waals surface area (Å²) < 4.78 is 0. The summed E-state index contributed by atoms with van der Waals surface area (Å²) in [5.74, 6) is 0. The van der Waals surface area contributed by atoms with Crippen LogP contribution in [0.3, 0.4) is 0 Å². The van der Waals surface area contributed by atoms with E-state index in [0.717, 1.165) is 30.8 Å². The average Bonchev–Trinajstić information content (AvgIpc) is 2.49. The second-order valence-electron chi connectivity index (χ2n) is 5.29. The topological polar surface area (TPSA) is 67.2 Å². The van der Waals surface area contributed by atoms with Gasteiger partial charge in [0.25, 0.3) is 5.69 Å². The van der Waals surface area contributed by atoms with Crippen LogP contribution >= 0.6 is 0 Å². The molecule has 1 heterocycles. The lowest BCUT2D eigenvalue weighted by Gasteiger charge is -2.19. The third kappa shape index (κ3) is 2.81. The van der Waals surface area contributed by atoms with E-state index < -0.39 is 0 Å². The Labute approximate surface area is 123 Å². The van der Waals surface area contributed by atoms with Crippen molar-refractivity contribution in [3.8, 4) is 0 Å². The molecular formula is C16H17N3O2. The lowest BCUT2D eigenvalue weighted by Crippen LogP contribution is -2.11. The van der Waals surface area contributed by atoms with Crippen LogP contribution in [0.4, 0.5) is 22.7 Å². The van der Waals surface area contributed by atoms with Crippen LogP contribution in [0.25, 0.3) is 0 Å². The molecule has 0 radical (unpaired) electrons. The summed E-state index contributed by atoms with van der Waals surface area (Å²) in [5.41, 5.74) is 4.96. The summed E-state index contributed by atoms with van der Waals surface area (Å²) >= 11 is 0. The molecule has 0 bridgehead atoms. The van der Waals surface area contributed by atoms with Crippen LogP contribution in [-0.4, -0.2) is 11.5 Å². The molecule has 5 heteroatoms. The molecule has 0 amide bonds. The zero-order chi connectivity index (χ0) is 14.8. The van der Waals surface area contributed by atoms with Crippen LogP contribution in [0, 0.1) is 17.0 Å². The molecule has 0 saturated carbocycles. The zero-order valence-electron chi connectivity index (χ0n) is 11.8. The van der Waals surface area contributed by atoms with Gasteiger partial charge in [0.1, 0.15) is 0 Å². The maximum atomic E-state index is 11.0. The molecule has 0 fully saturated rings. The number of nitro benzene ring substituents is 1. The van der Waals surface area contributed by atoms with E-state index in [-0.39, 0.29) is 10.6 Å². The fourth-order valence-electron chi connectivity index (χ4n) is 2.60. The lowest BCUT2D eigenvalue weighted by molar-refractivity contribution is -0.385. The summed E-state index contributed by atoms with van der Waals surface area (Å²) in [6, 6.07) is 11.4. The molecule has 0 saturated heterocycles. The Bertz CT molecular complexity index is 698. The SMILES string of the molecule is Cc1ccc(Nc2ccc3c(c2)CCCN3)cc1[N+](=O)[O-]. The first-order valence-electron chi connectivity index (χ1n) is 7.02. The fraction of sp³-hybridized carbons (Fsp3) is 0.250. The second kappa shape index (κ2) is 5.44. The molecule has 0 aliphatic carbocycles. The number of hydrogen-bond acceptors (Lipinski definition) is 4. The van der Waals surface area contributed by atoms with Crippen molar-refractivity contribution >= 4 is 22.7 Å². The predicted octanol–water partition coefficient (Wildman–Crippen LogP) is 4.00. The number of fused-ring (bicyclic) bond motifs is 1. The first kappa shape index (κ1) is 13.4. The quantitative estimate of drug-likeness (QED) is 0.660. The van der Waals surface area contributed by atoms with E-state index in [0.29, 0.717) is 5.56 Å². The van der Waals surface area contributed by atoms with Crippen LogP contribution in [0.1, 0.15) is 17.5 Å². The Hall–Kier alpha value is -2.56. The highest BCUT2D eigenvalue weighted by Gasteiger charge is 2.12. The molecule has 1 aliphatic heterocycles. The van der Waals surface area contributed by atoms with Gasteiger partial charge in [0.05, 0.1) is 4.92 Å². The van der Waals surface area contributed by atoms with Gasteiger partial charge in [-0.2, -0.15) is 0 Å². The summed E-state index contributed by atoms with van der Waals surface area (Å²) in [5, 5.41) is 17.6. The number of benzene rings is 2. The van der Waals surface area contributed by atoms with Crippen molar-refractivity contribution in [2.45, 2.75) is 19.8 Å². The van der Waals surface area contributed by atoms with Crippen molar-refractivity contribution < 1.29 is 4.92 Å². The fourth-order valence-corrected chi connectivity index (χ4v) is 2.60. The van der Waals surface area contributed by atoms with Crippen molar-refractivity contribution in [1.29, 1.82) is 0 Å². The molecule has 0 aromatic heterocycles. The number of nitrogens with one attached hydrogen (secondary N) is 2. The minimum atomic E-state index is -0.350. The number of aryl methyl sites for hydroxylation is 2. The first-order chi connectivity index (χ1) is 10.1. The highest BCUT2D eigenvalue weighted by atomic mass is 16.6. The van der Waals surface area contributed by atoms with E-state index >= 15 is 0 Å². The van der Waals surface area contributed by atoms with Crippen molar-refractivity contribution in [2.24, 2.45) is 0 Å². The monoisotopic (exact) mass is 283 g/mol. The van der Waals surface area contributed by atoms with E-state index in [1.807, 2.05) is 12.1 Å². The van der Waals surface area contributed by atoms with Gasteiger partial charge in [-0.1, -0.05) is 6.07 Å². The summed E-state index contributed by atoms with van der Waals surface area (Å²) in [6.07, 6.45) is 2.19. The second-order valence-corrected chi connectivity index (χ2v) is 5.29. The number of rotatable bonds is 3. The van der Waals surface area contributed by atoms with Crippen molar-refractivity contribution in [3.63, 3.8) is 0 Å². The lowest BCUT2D eigenvalue weighted by atomic mass is 10.0. The third-order valence-corrected chi connectivity index (χ3v) is 3.74. The molecule has 21 heavy (non-hydrogen) atoms. The third-order valence-electron chi connectivity index (χ3n) is 3.74. The van der Waals surface area contributed by atoms with E-state index in [1.165, 1.54) is 11.3 Å². The van der Waals surface area contributed by atoms with Crippen LogP contribution in [0.5, 0.6) is 0 Å². The molecule has 108 valence electrons. The van der Waals surface area contributed by atoms with Gasteiger partial charge in [-0.15, -0.1) is 0 Å². The van der Waals surface area contributed by atoms with E-state index in [9.17, 15) is 10.1 Å². The maximum absolute atomic E-state index is 11.0. The van der Waals surface area contributed by atoms with Crippen LogP contribution < -0.4 is 10.6 Å². The molecule has 0 unspecified atom stereocenters. The van der Waals surface area contributed by atoms with Gasteiger partial charge in [0.15, 0.2) is 0 Å². The number of nitrogens with zero attached hydrogens (tertiary/aromatic N) is 1. The Morgan fingerprint density at radius 3 is 2.76 bits per heavy atom. The molecule has 3 rings (SSSR count). The van der Waals surface area contributed by atoms with Gasteiger partial charge >= 0.3 is 0 Å². The molecule has 0 atom stereocenters. The van der Waals surface area contributed by atoms with E-state index in [2.05, 4.69) is 22.8 Å². The van der Waals surface area contributed by atoms with Gasteiger partial charge < -0.3 is 10.6 Å². The Morgan fingerprint density at radius 2 is 1.95 bits per heavy atom. The summed E-state index contributed by atoms with van der Waals surface area (Å²) in [6.45, 7) is 2.76. The minimum Gasteiger partial charge on any atom is -0.385 e. The highest BCUT2D eigenvalue weighted by Crippen LogP contribution is 2.29. The summed E-state index contributed by atoms with van der Waals surface area (Å²) in [4.78, 5) is 10.6. The molecule has 0 spiro atoms. The Balaban J connectivity index is 1.86. The molecule has 1 aliphatic rings. The van der Waals surface area contributed by atoms with Crippen LogP contribution in [0.15, 0.2) is 36.4 Å². The molecule has 2 aromatic rings. The largest absolute Gasteiger partial charge is 0.385 e. The Morgan fingerprint density at radius 1 is 1.19 bits per heavy atom. The number of hydrogen-bond donors (Lipinski definition) is 2. The van der Waals surface area contributed by atoms with Crippen LogP contribution in [0.2, 0.25) is 0 Å². The van der Waals surface area contributed by atoms with E-state index in [1.54, 1.807) is 19.1 Å². The molecule has 2 N–H and O–H groups in total. The molecular weight excluding hydrogens is 266 g/mol.